The molecule has 1 N–H and O–H groups in total. The van der Waals surface area contributed by atoms with Gasteiger partial charge in [0.15, 0.2) is 0 Å². The molecule has 3 heterocycles. The number of amides is 2. The molecule has 3 aliphatic rings. The van der Waals surface area contributed by atoms with Crippen molar-refractivity contribution in [3.63, 3.8) is 0 Å². The molecule has 4 rings (SSSR count). The van der Waals surface area contributed by atoms with E-state index in [-0.39, 0.29) is 42.2 Å². The molecular formula is C29H38N2O5S. The molecule has 200 valence electrons. The third-order valence-electron chi connectivity index (χ3n) is 8.00. The molecule has 6 atom stereocenters. The molecule has 3 fully saturated rings. The van der Waals surface area contributed by atoms with Crippen molar-refractivity contribution in [2.75, 3.05) is 26.3 Å². The van der Waals surface area contributed by atoms with Crippen LogP contribution in [0.15, 0.2) is 55.6 Å². The number of hydrogen-bond donors (Lipinski definition) is 1. The van der Waals surface area contributed by atoms with Crippen LogP contribution in [0.5, 0.6) is 0 Å². The van der Waals surface area contributed by atoms with Crippen LogP contribution in [0.25, 0.3) is 0 Å². The lowest BCUT2D eigenvalue weighted by atomic mass is 9.66. The summed E-state index contributed by atoms with van der Waals surface area (Å²) in [5, 5.41) is 9.32. The number of esters is 1. The van der Waals surface area contributed by atoms with Crippen LogP contribution in [-0.4, -0.2) is 75.0 Å². The Morgan fingerprint density at radius 1 is 1.24 bits per heavy atom. The summed E-state index contributed by atoms with van der Waals surface area (Å²) >= 11 is 1.65. The number of likely N-dealkylation sites (tertiary alicyclic amines) is 1. The Labute approximate surface area is 223 Å². The molecular weight excluding hydrogens is 488 g/mol. The molecule has 0 radical (unpaired) electrons. The van der Waals surface area contributed by atoms with E-state index in [0.717, 1.165) is 12.0 Å². The number of fused-ring (bicyclic) bond motifs is 1. The number of aliphatic hydroxyl groups excluding tert-OH is 1. The highest BCUT2D eigenvalue weighted by Gasteiger charge is 2.76. The molecule has 1 aromatic carbocycles. The Balaban J connectivity index is 1.70. The maximum atomic E-state index is 14.4. The van der Waals surface area contributed by atoms with Gasteiger partial charge in [-0.05, 0) is 37.2 Å². The minimum absolute atomic E-state index is 0.0251. The largest absolute Gasteiger partial charge is 0.465 e. The zero-order chi connectivity index (χ0) is 26.6. The normalized spacial score (nSPS) is 29.7. The first kappa shape index (κ1) is 27.5. The fraction of sp³-hybridized carbons (Fsp3) is 0.552. The van der Waals surface area contributed by atoms with Gasteiger partial charge in [0.25, 0.3) is 0 Å². The van der Waals surface area contributed by atoms with E-state index in [2.05, 4.69) is 20.1 Å². The lowest BCUT2D eigenvalue weighted by Crippen LogP contribution is -2.57. The van der Waals surface area contributed by atoms with Crippen LogP contribution in [0.3, 0.4) is 0 Å². The lowest BCUT2D eigenvalue weighted by molar-refractivity contribution is -0.154. The zero-order valence-electron chi connectivity index (χ0n) is 21.6. The van der Waals surface area contributed by atoms with Gasteiger partial charge in [0.05, 0.1) is 23.2 Å². The highest BCUT2D eigenvalue weighted by Crippen LogP contribution is 2.68. The molecule has 2 amide bonds. The first-order chi connectivity index (χ1) is 17.9. The first-order valence-electron chi connectivity index (χ1n) is 13.2. The van der Waals surface area contributed by atoms with E-state index in [1.807, 2.05) is 30.3 Å². The maximum absolute atomic E-state index is 14.4. The summed E-state index contributed by atoms with van der Waals surface area (Å²) in [7, 11) is 0. The molecule has 1 aromatic rings. The van der Waals surface area contributed by atoms with E-state index in [4.69, 9.17) is 4.74 Å². The Hall–Kier alpha value is -2.58. The molecule has 0 aliphatic carbocycles. The van der Waals surface area contributed by atoms with Gasteiger partial charge in [0.1, 0.15) is 6.04 Å². The molecule has 0 aromatic heterocycles. The Bertz CT molecular complexity index is 1020. The topological polar surface area (TPSA) is 87.1 Å². The number of unbranched alkanes of at least 4 members (excludes halogenated alkanes) is 1. The van der Waals surface area contributed by atoms with Crippen LogP contribution in [0, 0.1) is 17.8 Å². The summed E-state index contributed by atoms with van der Waals surface area (Å²) in [6, 6.07) is 9.12. The van der Waals surface area contributed by atoms with E-state index in [1.54, 1.807) is 33.7 Å². The smallest absolute Gasteiger partial charge is 0.310 e. The standard InChI is InChI=1S/C29H38N2O5S/c1-4-6-17-36-28(35)23-22-18-20(3)29(37-22)24(23)26(33)31(15-10-11-16-32)25(29)27(34)30(14-5-2)19-21-12-8-7-9-13-21/h4-5,7-9,12-13,20,22-25,32H,1-2,6,10-11,14-19H2,3H3/t20?,22-,23+,24+,25?,29?/m1/s1. The van der Waals surface area contributed by atoms with Crippen LogP contribution in [0.2, 0.25) is 0 Å². The number of rotatable bonds is 13. The van der Waals surface area contributed by atoms with Gasteiger partial charge in [-0.15, -0.1) is 24.9 Å². The third kappa shape index (κ3) is 4.98. The van der Waals surface area contributed by atoms with Crippen LogP contribution in [-0.2, 0) is 25.7 Å². The molecule has 3 unspecified atom stereocenters. The molecule has 8 heteroatoms. The summed E-state index contributed by atoms with van der Waals surface area (Å²) in [5.41, 5.74) is 1.00. The second-order valence-corrected chi connectivity index (χ2v) is 11.8. The van der Waals surface area contributed by atoms with Crippen molar-refractivity contribution in [2.24, 2.45) is 17.8 Å². The first-order valence-corrected chi connectivity index (χ1v) is 14.1. The quantitative estimate of drug-likeness (QED) is 0.241. The number of nitrogens with zero attached hydrogens (tertiary/aromatic N) is 2. The van der Waals surface area contributed by atoms with E-state index >= 15 is 0 Å². The van der Waals surface area contributed by atoms with Crippen molar-refractivity contribution in [1.82, 2.24) is 9.80 Å². The number of aliphatic hydroxyl groups is 1. The number of thioether (sulfide) groups is 1. The van der Waals surface area contributed by atoms with E-state index in [0.29, 0.717) is 38.9 Å². The minimum atomic E-state index is -0.684. The van der Waals surface area contributed by atoms with Crippen molar-refractivity contribution >= 4 is 29.5 Å². The third-order valence-corrected chi connectivity index (χ3v) is 10.1. The number of benzene rings is 1. The van der Waals surface area contributed by atoms with E-state index in [1.165, 1.54) is 0 Å². The van der Waals surface area contributed by atoms with Gasteiger partial charge in [0, 0.05) is 31.5 Å². The number of carbonyl (C=O) groups excluding carboxylic acids is 3. The highest BCUT2D eigenvalue weighted by atomic mass is 32.2. The number of carbonyl (C=O) groups is 3. The Morgan fingerprint density at radius 2 is 2.00 bits per heavy atom. The van der Waals surface area contributed by atoms with Crippen molar-refractivity contribution < 1.29 is 24.2 Å². The van der Waals surface area contributed by atoms with Crippen LogP contribution in [0.1, 0.15) is 38.2 Å². The summed E-state index contributed by atoms with van der Waals surface area (Å²) in [6.07, 6.45) is 5.87. The van der Waals surface area contributed by atoms with Crippen LogP contribution >= 0.6 is 11.8 Å². The van der Waals surface area contributed by atoms with Gasteiger partial charge in [-0.25, -0.2) is 0 Å². The molecule has 7 nitrogen and oxygen atoms in total. The second-order valence-electron chi connectivity index (χ2n) is 10.3. The SMILES string of the molecule is C=CCCOC(=O)[C@@H]1[C@H]2C(=O)N(CCCCO)C(C(=O)N(CC=C)Cc3ccccc3)C23S[C@@H]1CC3C. The Kier molecular flexibility index (Phi) is 8.80. The van der Waals surface area contributed by atoms with Crippen LogP contribution < -0.4 is 0 Å². The number of ether oxygens (including phenoxy) is 1. The molecule has 1 spiro atoms. The molecule has 3 aliphatic heterocycles. The lowest BCUT2D eigenvalue weighted by Gasteiger charge is -2.40. The summed E-state index contributed by atoms with van der Waals surface area (Å²) < 4.78 is 4.88. The number of hydrogen-bond acceptors (Lipinski definition) is 6. The van der Waals surface area contributed by atoms with Gasteiger partial charge in [-0.2, -0.15) is 0 Å². The van der Waals surface area contributed by atoms with Gasteiger partial charge >= 0.3 is 5.97 Å². The predicted molar refractivity (Wildman–Crippen MR) is 145 cm³/mol. The predicted octanol–water partition coefficient (Wildman–Crippen LogP) is 3.43. The fourth-order valence-electron chi connectivity index (χ4n) is 6.41. The molecule has 2 bridgehead atoms. The molecule has 37 heavy (non-hydrogen) atoms. The van der Waals surface area contributed by atoms with Crippen molar-refractivity contribution in [3.05, 3.63) is 61.2 Å². The summed E-state index contributed by atoms with van der Waals surface area (Å²) in [6.45, 7) is 11.1. The van der Waals surface area contributed by atoms with Crippen molar-refractivity contribution in [2.45, 2.75) is 55.2 Å². The van der Waals surface area contributed by atoms with E-state index in [9.17, 15) is 19.5 Å². The van der Waals surface area contributed by atoms with Gasteiger partial charge in [-0.1, -0.05) is 49.4 Å². The average molecular weight is 527 g/mol. The average Bonchev–Trinajstić information content (AvgIpc) is 3.48. The zero-order valence-corrected chi connectivity index (χ0v) is 22.4. The van der Waals surface area contributed by atoms with Gasteiger partial charge in [-0.3, -0.25) is 14.4 Å². The van der Waals surface area contributed by atoms with Gasteiger partial charge < -0.3 is 19.6 Å². The van der Waals surface area contributed by atoms with Crippen molar-refractivity contribution in [1.29, 1.82) is 0 Å². The van der Waals surface area contributed by atoms with E-state index < -0.39 is 22.6 Å². The molecule has 3 saturated heterocycles. The minimum Gasteiger partial charge on any atom is -0.465 e. The highest BCUT2D eigenvalue weighted by molar-refractivity contribution is 8.02. The van der Waals surface area contributed by atoms with Crippen LogP contribution in [0.4, 0.5) is 0 Å². The second kappa shape index (κ2) is 11.9. The summed E-state index contributed by atoms with van der Waals surface area (Å²) in [4.78, 5) is 45.1. The molecule has 0 saturated carbocycles. The Morgan fingerprint density at radius 3 is 2.68 bits per heavy atom. The van der Waals surface area contributed by atoms with Gasteiger partial charge in [0.2, 0.25) is 11.8 Å². The van der Waals surface area contributed by atoms with Crippen molar-refractivity contribution in [3.8, 4) is 0 Å². The fourth-order valence-corrected chi connectivity index (χ4v) is 8.81. The maximum Gasteiger partial charge on any atom is 0.310 e. The monoisotopic (exact) mass is 526 g/mol. The summed E-state index contributed by atoms with van der Waals surface area (Å²) in [5.74, 6) is -1.65.